The number of carbonyl (C=O) groups excluding carboxylic acids is 3. The second kappa shape index (κ2) is 14.2. The minimum absolute atomic E-state index is 0.0613. The lowest BCUT2D eigenvalue weighted by Gasteiger charge is -2.08. The molecule has 8 nitrogen and oxygen atoms in total. The van der Waals surface area contributed by atoms with Gasteiger partial charge in [-0.1, -0.05) is 18.7 Å². The first-order valence-electron chi connectivity index (χ1n) is 10.6. The zero-order chi connectivity index (χ0) is 24.8. The number of benzene rings is 2. The summed E-state index contributed by atoms with van der Waals surface area (Å²) >= 11 is 0. The van der Waals surface area contributed by atoms with Crippen LogP contribution in [0.5, 0.6) is 17.2 Å². The Morgan fingerprint density at radius 3 is 2.12 bits per heavy atom. The van der Waals surface area contributed by atoms with E-state index in [1.54, 1.807) is 49.6 Å². The first kappa shape index (κ1) is 26.2. The van der Waals surface area contributed by atoms with E-state index in [1.165, 1.54) is 13.2 Å². The van der Waals surface area contributed by atoms with E-state index in [-0.39, 0.29) is 18.6 Å². The highest BCUT2D eigenvalue weighted by molar-refractivity contribution is 5.93. The van der Waals surface area contributed by atoms with Gasteiger partial charge in [-0.25, -0.2) is 9.59 Å². The van der Waals surface area contributed by atoms with Gasteiger partial charge < -0.3 is 23.7 Å². The fourth-order valence-corrected chi connectivity index (χ4v) is 2.61. The van der Waals surface area contributed by atoms with E-state index in [0.717, 1.165) is 5.56 Å². The molecule has 0 unspecified atom stereocenters. The maximum Gasteiger partial charge on any atom is 0.336 e. The highest BCUT2D eigenvalue weighted by Crippen LogP contribution is 2.18. The van der Waals surface area contributed by atoms with E-state index in [0.29, 0.717) is 36.7 Å². The van der Waals surface area contributed by atoms with Gasteiger partial charge in [0, 0.05) is 11.6 Å². The summed E-state index contributed by atoms with van der Waals surface area (Å²) < 4.78 is 25.5. The van der Waals surface area contributed by atoms with Gasteiger partial charge in [-0.2, -0.15) is 0 Å². The Hall–Kier alpha value is -4.07. The number of esters is 3. The Labute approximate surface area is 198 Å². The molecule has 0 bridgehead atoms. The molecular formula is C26H28O8. The largest absolute Gasteiger partial charge is 0.497 e. The van der Waals surface area contributed by atoms with Gasteiger partial charge in [0.1, 0.15) is 17.2 Å². The Kier molecular flexibility index (Phi) is 10.9. The third-order valence-corrected chi connectivity index (χ3v) is 4.48. The van der Waals surface area contributed by atoms with Crippen LogP contribution in [0.25, 0.3) is 6.08 Å². The molecule has 0 fully saturated rings. The van der Waals surface area contributed by atoms with Crippen molar-refractivity contribution in [3.05, 3.63) is 72.3 Å². The van der Waals surface area contributed by atoms with Crippen molar-refractivity contribution in [2.24, 2.45) is 0 Å². The van der Waals surface area contributed by atoms with Crippen LogP contribution >= 0.6 is 0 Å². The topological polar surface area (TPSA) is 97.4 Å². The second-order valence-electron chi connectivity index (χ2n) is 7.05. The average molecular weight is 469 g/mol. The van der Waals surface area contributed by atoms with Gasteiger partial charge in [-0.05, 0) is 60.9 Å². The smallest absolute Gasteiger partial charge is 0.336 e. The van der Waals surface area contributed by atoms with Gasteiger partial charge in [0.2, 0.25) is 0 Å². The van der Waals surface area contributed by atoms with Crippen molar-refractivity contribution in [2.75, 3.05) is 27.4 Å². The Morgan fingerprint density at radius 1 is 0.853 bits per heavy atom. The number of ether oxygens (including phenoxy) is 5. The summed E-state index contributed by atoms with van der Waals surface area (Å²) in [6, 6.07) is 14.0. The van der Waals surface area contributed by atoms with Crippen LogP contribution in [-0.4, -0.2) is 45.3 Å². The van der Waals surface area contributed by atoms with Crippen LogP contribution in [0.1, 0.15) is 24.8 Å². The zero-order valence-corrected chi connectivity index (χ0v) is 19.3. The van der Waals surface area contributed by atoms with Gasteiger partial charge in [0.05, 0.1) is 33.9 Å². The highest BCUT2D eigenvalue weighted by Gasteiger charge is 2.13. The maximum atomic E-state index is 12.0. The molecule has 0 spiro atoms. The van der Waals surface area contributed by atoms with Gasteiger partial charge in [-0.3, -0.25) is 4.79 Å². The molecule has 0 aliphatic heterocycles. The SMILES string of the molecule is C=C(CC(=O)OC)C(=O)OCCCCOc1ccc(/C=C/C(=O)Oc2ccc(OC)cc2)cc1. The Bertz CT molecular complexity index is 990. The molecule has 0 aromatic heterocycles. The van der Waals surface area contributed by atoms with Crippen molar-refractivity contribution >= 4 is 24.0 Å². The van der Waals surface area contributed by atoms with Crippen LogP contribution < -0.4 is 14.2 Å². The number of methoxy groups -OCH3 is 2. The van der Waals surface area contributed by atoms with Crippen LogP contribution in [0.2, 0.25) is 0 Å². The molecule has 8 heteroatoms. The summed E-state index contributed by atoms with van der Waals surface area (Å²) in [5, 5.41) is 0. The van der Waals surface area contributed by atoms with E-state index in [9.17, 15) is 14.4 Å². The van der Waals surface area contributed by atoms with Crippen LogP contribution in [0.4, 0.5) is 0 Å². The van der Waals surface area contributed by atoms with Crippen molar-refractivity contribution in [3.8, 4) is 17.2 Å². The average Bonchev–Trinajstić information content (AvgIpc) is 2.85. The minimum atomic E-state index is -0.608. The molecule has 0 amide bonds. The molecule has 2 aromatic rings. The molecule has 2 aromatic carbocycles. The van der Waals surface area contributed by atoms with E-state index in [4.69, 9.17) is 18.9 Å². The highest BCUT2D eigenvalue weighted by atomic mass is 16.5. The summed E-state index contributed by atoms with van der Waals surface area (Å²) in [4.78, 5) is 34.8. The monoisotopic (exact) mass is 468 g/mol. The van der Waals surface area contributed by atoms with Gasteiger partial charge >= 0.3 is 17.9 Å². The fraction of sp³-hybridized carbons (Fsp3) is 0.269. The predicted molar refractivity (Wildman–Crippen MR) is 126 cm³/mol. The molecule has 0 aliphatic rings. The van der Waals surface area contributed by atoms with Crippen LogP contribution in [-0.2, 0) is 23.9 Å². The van der Waals surface area contributed by atoms with Crippen molar-refractivity contribution in [3.63, 3.8) is 0 Å². The van der Waals surface area contributed by atoms with E-state index in [2.05, 4.69) is 11.3 Å². The van der Waals surface area contributed by atoms with Crippen molar-refractivity contribution in [1.29, 1.82) is 0 Å². The number of hydrogen-bond acceptors (Lipinski definition) is 8. The summed E-state index contributed by atoms with van der Waals surface area (Å²) in [6.07, 6.45) is 4.09. The Balaban J connectivity index is 1.64. The third-order valence-electron chi connectivity index (χ3n) is 4.48. The Morgan fingerprint density at radius 2 is 1.47 bits per heavy atom. The standard InChI is InChI=1S/C26H28O8/c1-19(18-25(28)31-3)26(29)33-17-5-4-16-32-22-9-6-20(7-10-22)8-15-24(27)34-23-13-11-21(30-2)12-14-23/h6-15H,1,4-5,16-18H2,2-3H3/b15-8+. The van der Waals surface area contributed by atoms with E-state index >= 15 is 0 Å². The molecular weight excluding hydrogens is 440 g/mol. The van der Waals surface area contributed by atoms with Crippen LogP contribution in [0, 0.1) is 0 Å². The molecule has 0 heterocycles. The summed E-state index contributed by atoms with van der Waals surface area (Å²) in [5.74, 6) is 0.162. The molecule has 0 atom stereocenters. The van der Waals surface area contributed by atoms with Crippen molar-refractivity contribution in [1.82, 2.24) is 0 Å². The summed E-state index contributed by atoms with van der Waals surface area (Å²) in [6.45, 7) is 4.17. The normalized spacial score (nSPS) is 10.4. The number of unbranched alkanes of at least 4 members (excludes halogenated alkanes) is 1. The molecule has 0 saturated heterocycles. The van der Waals surface area contributed by atoms with E-state index < -0.39 is 17.9 Å². The van der Waals surface area contributed by atoms with Gasteiger partial charge in [-0.15, -0.1) is 0 Å². The third kappa shape index (κ3) is 9.60. The van der Waals surface area contributed by atoms with Crippen molar-refractivity contribution in [2.45, 2.75) is 19.3 Å². The lowest BCUT2D eigenvalue weighted by molar-refractivity contribution is -0.144. The molecule has 0 N–H and O–H groups in total. The number of carbonyl (C=O) groups is 3. The summed E-state index contributed by atoms with van der Waals surface area (Å²) in [5.41, 5.74) is 0.879. The fourth-order valence-electron chi connectivity index (χ4n) is 2.61. The van der Waals surface area contributed by atoms with Gasteiger partial charge in [0.25, 0.3) is 0 Å². The predicted octanol–water partition coefficient (Wildman–Crippen LogP) is 4.14. The number of rotatable bonds is 13. The molecule has 34 heavy (non-hydrogen) atoms. The van der Waals surface area contributed by atoms with Crippen LogP contribution in [0.3, 0.4) is 0 Å². The second-order valence-corrected chi connectivity index (χ2v) is 7.05. The first-order valence-corrected chi connectivity index (χ1v) is 10.6. The first-order chi connectivity index (χ1) is 16.4. The lowest BCUT2D eigenvalue weighted by Crippen LogP contribution is -2.13. The molecule has 0 radical (unpaired) electrons. The molecule has 2 rings (SSSR count). The number of hydrogen-bond donors (Lipinski definition) is 0. The maximum absolute atomic E-state index is 12.0. The zero-order valence-electron chi connectivity index (χ0n) is 19.3. The van der Waals surface area contributed by atoms with Crippen LogP contribution in [0.15, 0.2) is 66.8 Å². The van der Waals surface area contributed by atoms with Crippen molar-refractivity contribution < 1.29 is 38.1 Å². The quantitative estimate of drug-likeness (QED) is 0.187. The molecule has 0 aliphatic carbocycles. The minimum Gasteiger partial charge on any atom is -0.497 e. The lowest BCUT2D eigenvalue weighted by atomic mass is 10.2. The molecule has 0 saturated carbocycles. The van der Waals surface area contributed by atoms with Gasteiger partial charge in [0.15, 0.2) is 0 Å². The van der Waals surface area contributed by atoms with E-state index in [1.807, 2.05) is 12.1 Å². The molecule has 180 valence electrons. The summed E-state index contributed by atoms with van der Waals surface area (Å²) in [7, 11) is 2.81.